The number of aryl methyl sites for hydroxylation is 1. The van der Waals surface area contributed by atoms with Crippen LogP contribution in [-0.2, 0) is 0 Å². The minimum Gasteiger partial charge on any atom is -0.464 e. The number of aromatic nitrogens is 1. The van der Waals surface area contributed by atoms with Gasteiger partial charge in [-0.3, -0.25) is 0 Å². The molecule has 0 unspecified atom stereocenters. The third-order valence-corrected chi connectivity index (χ3v) is 11.8. The number of benzene rings is 9. The zero-order valence-corrected chi connectivity index (χ0v) is 30.7. The van der Waals surface area contributed by atoms with Crippen molar-refractivity contribution in [1.82, 2.24) is 4.57 Å². The second kappa shape index (κ2) is 11.8. The lowest BCUT2D eigenvalue weighted by Gasteiger charge is -2.30. The molecular weight excluding hydrogens is 681 g/mol. The molecule has 0 fully saturated rings. The van der Waals surface area contributed by atoms with Crippen LogP contribution < -0.4 is 4.90 Å². The first-order valence-electron chi connectivity index (χ1n) is 19.2. The Morgan fingerprint density at radius 2 is 1.02 bits per heavy atom. The Morgan fingerprint density at radius 1 is 0.429 bits per heavy atom. The first-order chi connectivity index (χ1) is 27.7. The Labute approximate surface area is 323 Å². The van der Waals surface area contributed by atoms with E-state index in [-0.39, 0.29) is 0 Å². The molecule has 1 aliphatic carbocycles. The molecule has 2 heterocycles. The summed E-state index contributed by atoms with van der Waals surface area (Å²) in [6.45, 7) is 2.14. The van der Waals surface area contributed by atoms with Crippen molar-refractivity contribution >= 4 is 71.4 Å². The second-order valence-electron chi connectivity index (χ2n) is 15.1. The highest BCUT2D eigenvalue weighted by Crippen LogP contribution is 2.52. The van der Waals surface area contributed by atoms with Gasteiger partial charge in [-0.15, -0.1) is 0 Å². The molecule has 56 heavy (non-hydrogen) atoms. The molecule has 2 aromatic heterocycles. The van der Waals surface area contributed by atoms with Gasteiger partial charge < -0.3 is 13.9 Å². The Kier molecular flexibility index (Phi) is 6.55. The summed E-state index contributed by atoms with van der Waals surface area (Å²) in [6.07, 6.45) is 1.79. The van der Waals surface area contributed by atoms with Gasteiger partial charge in [-0.1, -0.05) is 96.6 Å². The SMILES string of the molecule is Cc1ccc(N(c2ccc3cc4c(cc3c2)-c2cc3ccc(-n5c6ccccc6c6ccccc65)cc3cc2-4)c2c(-c3ccccc3)ccc3occc23)cc1. The molecule has 0 saturated carbocycles. The number of hydrogen-bond donors (Lipinski definition) is 0. The van der Waals surface area contributed by atoms with Gasteiger partial charge in [0.05, 0.1) is 23.0 Å². The Balaban J connectivity index is 0.989. The van der Waals surface area contributed by atoms with Gasteiger partial charge in [-0.25, -0.2) is 0 Å². The van der Waals surface area contributed by atoms with Crippen LogP contribution in [0.3, 0.4) is 0 Å². The fourth-order valence-corrected chi connectivity index (χ4v) is 9.10. The Morgan fingerprint density at radius 3 is 1.71 bits per heavy atom. The van der Waals surface area contributed by atoms with Gasteiger partial charge in [0.1, 0.15) is 5.58 Å². The normalized spacial score (nSPS) is 12.0. The Bertz CT molecular complexity index is 3320. The van der Waals surface area contributed by atoms with E-state index in [0.29, 0.717) is 0 Å². The molecule has 0 radical (unpaired) electrons. The topological polar surface area (TPSA) is 21.3 Å². The molecule has 0 spiro atoms. The van der Waals surface area contributed by atoms with Crippen LogP contribution in [0.5, 0.6) is 0 Å². The van der Waals surface area contributed by atoms with Crippen molar-refractivity contribution in [3.8, 4) is 39.1 Å². The van der Waals surface area contributed by atoms with Gasteiger partial charge in [0.15, 0.2) is 0 Å². The van der Waals surface area contributed by atoms with Crippen LogP contribution in [0.25, 0.3) is 93.4 Å². The average molecular weight is 715 g/mol. The number of para-hydroxylation sites is 2. The van der Waals surface area contributed by atoms with Crippen molar-refractivity contribution in [2.24, 2.45) is 0 Å². The van der Waals surface area contributed by atoms with Crippen molar-refractivity contribution in [2.75, 3.05) is 4.90 Å². The smallest absolute Gasteiger partial charge is 0.136 e. The lowest BCUT2D eigenvalue weighted by Crippen LogP contribution is -2.12. The van der Waals surface area contributed by atoms with E-state index in [9.17, 15) is 0 Å². The maximum Gasteiger partial charge on any atom is 0.136 e. The summed E-state index contributed by atoms with van der Waals surface area (Å²) in [4.78, 5) is 2.40. The zero-order chi connectivity index (χ0) is 36.9. The highest BCUT2D eigenvalue weighted by atomic mass is 16.3. The number of fused-ring (bicyclic) bond motifs is 10. The molecule has 11 aromatic rings. The molecule has 0 N–H and O–H groups in total. The number of furan rings is 1. The summed E-state index contributed by atoms with van der Waals surface area (Å²) in [5.41, 5.74) is 16.6. The molecule has 262 valence electrons. The number of anilines is 3. The predicted molar refractivity (Wildman–Crippen MR) is 235 cm³/mol. The monoisotopic (exact) mass is 714 g/mol. The largest absolute Gasteiger partial charge is 0.464 e. The summed E-state index contributed by atoms with van der Waals surface area (Å²) >= 11 is 0. The highest BCUT2D eigenvalue weighted by molar-refractivity contribution is 6.14. The number of nitrogens with zero attached hydrogens (tertiary/aromatic N) is 2. The first-order valence-corrected chi connectivity index (χ1v) is 19.2. The van der Waals surface area contributed by atoms with E-state index >= 15 is 0 Å². The molecule has 0 saturated heterocycles. The lowest BCUT2D eigenvalue weighted by molar-refractivity contribution is 0.616. The second-order valence-corrected chi connectivity index (χ2v) is 15.1. The molecule has 9 aromatic carbocycles. The quantitative estimate of drug-likeness (QED) is 0.177. The molecular formula is C53H34N2O. The molecule has 12 rings (SSSR count). The summed E-state index contributed by atoms with van der Waals surface area (Å²) < 4.78 is 8.39. The third kappa shape index (κ3) is 4.58. The van der Waals surface area contributed by atoms with E-state index < -0.39 is 0 Å². The van der Waals surface area contributed by atoms with Gasteiger partial charge in [-0.05, 0) is 147 Å². The molecule has 1 aliphatic rings. The molecule has 0 atom stereocenters. The first kappa shape index (κ1) is 31.0. The minimum atomic E-state index is 0.866. The van der Waals surface area contributed by atoms with Crippen molar-refractivity contribution in [3.05, 3.63) is 194 Å². The average Bonchev–Trinajstić information content (AvgIpc) is 3.87. The van der Waals surface area contributed by atoms with Crippen LogP contribution in [0, 0.1) is 6.92 Å². The standard InChI is InChI=1S/C53H34N2O/c1-33-15-19-39(20-16-33)54(53-42(34-9-3-2-4-10-34)23-24-52-45(53)25-26-56-52)40-21-17-35-29-46-48(31-37(35)27-40)47-30-36-18-22-41(28-38(36)32-49(46)47)55-50-13-7-5-11-43(50)44-12-6-8-14-51(44)55/h2-32H,1H3. The van der Waals surface area contributed by atoms with E-state index in [0.717, 1.165) is 39.2 Å². The van der Waals surface area contributed by atoms with Crippen molar-refractivity contribution in [2.45, 2.75) is 6.92 Å². The summed E-state index contributed by atoms with van der Waals surface area (Å²) in [5.74, 6) is 0. The molecule has 0 amide bonds. The summed E-state index contributed by atoms with van der Waals surface area (Å²) in [6, 6.07) is 66.6. The van der Waals surface area contributed by atoms with Crippen LogP contribution >= 0.6 is 0 Å². The number of rotatable bonds is 5. The van der Waals surface area contributed by atoms with Crippen LogP contribution in [0.2, 0.25) is 0 Å². The van der Waals surface area contributed by atoms with Gasteiger partial charge in [-0.2, -0.15) is 0 Å². The van der Waals surface area contributed by atoms with Gasteiger partial charge >= 0.3 is 0 Å². The van der Waals surface area contributed by atoms with Crippen LogP contribution in [0.4, 0.5) is 17.1 Å². The Hall–Kier alpha value is -7.36. The predicted octanol–water partition coefficient (Wildman–Crippen LogP) is 14.9. The van der Waals surface area contributed by atoms with E-state index in [1.807, 2.05) is 0 Å². The third-order valence-electron chi connectivity index (χ3n) is 11.8. The number of hydrogen-bond acceptors (Lipinski definition) is 2. The van der Waals surface area contributed by atoms with Crippen molar-refractivity contribution < 1.29 is 4.42 Å². The van der Waals surface area contributed by atoms with E-state index in [2.05, 4.69) is 198 Å². The minimum absolute atomic E-state index is 0.866. The van der Waals surface area contributed by atoms with E-state index in [1.54, 1.807) is 6.26 Å². The molecule has 3 nitrogen and oxygen atoms in total. The fraction of sp³-hybridized carbons (Fsp3) is 0.0189. The summed E-state index contributed by atoms with van der Waals surface area (Å²) in [5, 5.41) is 8.58. The summed E-state index contributed by atoms with van der Waals surface area (Å²) in [7, 11) is 0. The lowest BCUT2D eigenvalue weighted by atomic mass is 9.78. The van der Waals surface area contributed by atoms with E-state index in [4.69, 9.17) is 4.42 Å². The van der Waals surface area contributed by atoms with Crippen LogP contribution in [0.1, 0.15) is 5.56 Å². The molecule has 3 heteroatoms. The van der Waals surface area contributed by atoms with Crippen LogP contribution in [0.15, 0.2) is 193 Å². The highest BCUT2D eigenvalue weighted by Gasteiger charge is 2.26. The van der Waals surface area contributed by atoms with Gasteiger partial charge in [0.2, 0.25) is 0 Å². The fourth-order valence-electron chi connectivity index (χ4n) is 9.10. The van der Waals surface area contributed by atoms with Crippen molar-refractivity contribution in [1.29, 1.82) is 0 Å². The maximum absolute atomic E-state index is 5.99. The van der Waals surface area contributed by atoms with Gasteiger partial charge in [0.25, 0.3) is 0 Å². The zero-order valence-electron chi connectivity index (χ0n) is 30.7. The molecule has 0 aliphatic heterocycles. The van der Waals surface area contributed by atoms with Gasteiger partial charge in [0, 0.05) is 38.8 Å². The van der Waals surface area contributed by atoms with Crippen molar-refractivity contribution in [3.63, 3.8) is 0 Å². The van der Waals surface area contributed by atoms with Crippen LogP contribution in [-0.4, -0.2) is 4.57 Å². The van der Waals surface area contributed by atoms with E-state index in [1.165, 1.54) is 76.9 Å². The molecule has 0 bridgehead atoms. The maximum atomic E-state index is 5.99.